The van der Waals surface area contributed by atoms with E-state index in [9.17, 15) is 9.59 Å². The molecule has 1 aromatic rings. The molecule has 0 saturated carbocycles. The number of esters is 1. The summed E-state index contributed by atoms with van der Waals surface area (Å²) in [4.78, 5) is 30.6. The van der Waals surface area contributed by atoms with Crippen molar-refractivity contribution in [2.24, 2.45) is 5.92 Å². The maximum absolute atomic E-state index is 12.8. The van der Waals surface area contributed by atoms with E-state index < -0.39 is 0 Å². The van der Waals surface area contributed by atoms with Gasteiger partial charge < -0.3 is 14.4 Å². The highest BCUT2D eigenvalue weighted by atomic mass is 16.5. The number of ether oxygens (including phenoxy) is 2. The third kappa shape index (κ3) is 2.53. The summed E-state index contributed by atoms with van der Waals surface area (Å²) in [7, 11) is 2.96. The van der Waals surface area contributed by atoms with E-state index in [1.807, 2.05) is 11.0 Å². The Balaban J connectivity index is 1.88. The van der Waals surface area contributed by atoms with Crippen LogP contribution in [0.5, 0.6) is 5.88 Å². The molecule has 1 fully saturated rings. The van der Waals surface area contributed by atoms with Gasteiger partial charge in [0.1, 0.15) is 0 Å². The number of carbonyl (C=O) groups is 2. The molecule has 22 heavy (non-hydrogen) atoms. The van der Waals surface area contributed by atoms with Crippen LogP contribution in [0.3, 0.4) is 0 Å². The number of amides is 1. The maximum atomic E-state index is 12.8. The van der Waals surface area contributed by atoms with Gasteiger partial charge in [-0.05, 0) is 31.2 Å². The number of fused-ring (bicyclic) bond motifs is 2. The molecular weight excluding hydrogens is 284 g/mol. The second kappa shape index (κ2) is 5.94. The summed E-state index contributed by atoms with van der Waals surface area (Å²) in [5.74, 6) is 0.0293. The lowest BCUT2D eigenvalue weighted by Gasteiger charge is -2.37. The Bertz CT molecular complexity index is 602. The molecule has 2 aliphatic heterocycles. The van der Waals surface area contributed by atoms with Crippen LogP contribution in [0.1, 0.15) is 35.2 Å². The molecule has 6 nitrogen and oxygen atoms in total. The predicted molar refractivity (Wildman–Crippen MR) is 78.7 cm³/mol. The summed E-state index contributed by atoms with van der Waals surface area (Å²) in [5.41, 5.74) is 1.59. The minimum Gasteiger partial charge on any atom is -0.481 e. The van der Waals surface area contributed by atoms with Crippen molar-refractivity contribution < 1.29 is 19.1 Å². The van der Waals surface area contributed by atoms with E-state index in [0.29, 0.717) is 18.0 Å². The normalized spacial score (nSPS) is 24.1. The van der Waals surface area contributed by atoms with E-state index in [1.165, 1.54) is 7.11 Å². The summed E-state index contributed by atoms with van der Waals surface area (Å²) in [5, 5.41) is 0. The minimum absolute atomic E-state index is 0.0405. The van der Waals surface area contributed by atoms with Crippen molar-refractivity contribution in [3.05, 3.63) is 23.4 Å². The van der Waals surface area contributed by atoms with Crippen LogP contribution in [0, 0.1) is 5.92 Å². The highest BCUT2D eigenvalue weighted by molar-refractivity contribution is 5.96. The molecule has 6 heteroatoms. The first-order valence-electron chi connectivity index (χ1n) is 7.55. The SMILES string of the molecule is COC(=O)C1CCC2CCc3cc(OC)ncc3C(=O)N2C1. The van der Waals surface area contributed by atoms with Crippen LogP contribution in [-0.4, -0.2) is 48.6 Å². The largest absolute Gasteiger partial charge is 0.481 e. The first kappa shape index (κ1) is 14.8. The maximum Gasteiger partial charge on any atom is 0.310 e. The van der Waals surface area contributed by atoms with Crippen molar-refractivity contribution in [3.8, 4) is 5.88 Å². The van der Waals surface area contributed by atoms with Gasteiger partial charge in [0.05, 0.1) is 25.7 Å². The van der Waals surface area contributed by atoms with Gasteiger partial charge in [0.2, 0.25) is 5.88 Å². The van der Waals surface area contributed by atoms with Gasteiger partial charge in [0.15, 0.2) is 0 Å². The molecule has 0 spiro atoms. The number of rotatable bonds is 2. The lowest BCUT2D eigenvalue weighted by Crippen LogP contribution is -2.48. The van der Waals surface area contributed by atoms with Crippen molar-refractivity contribution in [3.63, 3.8) is 0 Å². The Morgan fingerprint density at radius 1 is 1.32 bits per heavy atom. The predicted octanol–water partition coefficient (Wildman–Crippen LogP) is 1.43. The number of aryl methyl sites for hydroxylation is 1. The van der Waals surface area contributed by atoms with Crippen LogP contribution in [0.2, 0.25) is 0 Å². The summed E-state index contributed by atoms with van der Waals surface area (Å²) >= 11 is 0. The highest BCUT2D eigenvalue weighted by Crippen LogP contribution is 2.31. The van der Waals surface area contributed by atoms with E-state index in [2.05, 4.69) is 4.98 Å². The Hall–Kier alpha value is -2.11. The molecule has 0 aliphatic carbocycles. The summed E-state index contributed by atoms with van der Waals surface area (Å²) in [6.45, 7) is 0.432. The number of pyridine rings is 1. The zero-order chi connectivity index (χ0) is 15.7. The molecular formula is C16H20N2O4. The fraction of sp³-hybridized carbons (Fsp3) is 0.562. The van der Waals surface area contributed by atoms with E-state index in [-0.39, 0.29) is 23.8 Å². The van der Waals surface area contributed by atoms with Gasteiger partial charge in [-0.2, -0.15) is 0 Å². The fourth-order valence-electron chi connectivity index (χ4n) is 3.40. The lowest BCUT2D eigenvalue weighted by molar-refractivity contribution is -0.147. The molecule has 0 N–H and O–H groups in total. The van der Waals surface area contributed by atoms with Gasteiger partial charge in [0.25, 0.3) is 5.91 Å². The van der Waals surface area contributed by atoms with Gasteiger partial charge in [-0.25, -0.2) is 4.98 Å². The molecule has 0 bridgehead atoms. The molecule has 2 atom stereocenters. The van der Waals surface area contributed by atoms with Crippen molar-refractivity contribution in [1.82, 2.24) is 9.88 Å². The zero-order valence-corrected chi connectivity index (χ0v) is 12.9. The average molecular weight is 304 g/mol. The van der Waals surface area contributed by atoms with Crippen LogP contribution in [0.15, 0.2) is 12.3 Å². The van der Waals surface area contributed by atoms with Gasteiger partial charge in [-0.3, -0.25) is 9.59 Å². The number of hydrogen-bond acceptors (Lipinski definition) is 5. The zero-order valence-electron chi connectivity index (χ0n) is 12.9. The smallest absolute Gasteiger partial charge is 0.310 e. The number of methoxy groups -OCH3 is 2. The first-order chi connectivity index (χ1) is 10.6. The fourth-order valence-corrected chi connectivity index (χ4v) is 3.40. The van der Waals surface area contributed by atoms with Crippen LogP contribution in [0.25, 0.3) is 0 Å². The number of carbonyl (C=O) groups excluding carboxylic acids is 2. The molecule has 0 aromatic carbocycles. The summed E-state index contributed by atoms with van der Waals surface area (Å²) < 4.78 is 9.97. The quantitative estimate of drug-likeness (QED) is 0.773. The summed E-state index contributed by atoms with van der Waals surface area (Å²) in [6.07, 6.45) is 4.92. The van der Waals surface area contributed by atoms with E-state index in [0.717, 1.165) is 31.2 Å². The molecule has 1 saturated heterocycles. The van der Waals surface area contributed by atoms with E-state index >= 15 is 0 Å². The van der Waals surface area contributed by atoms with Crippen molar-refractivity contribution in [1.29, 1.82) is 0 Å². The van der Waals surface area contributed by atoms with E-state index in [4.69, 9.17) is 9.47 Å². The van der Waals surface area contributed by atoms with Gasteiger partial charge in [-0.1, -0.05) is 0 Å². The number of nitrogens with zero attached hydrogens (tertiary/aromatic N) is 2. The molecule has 1 amide bonds. The van der Waals surface area contributed by atoms with Gasteiger partial charge in [0, 0.05) is 24.8 Å². The lowest BCUT2D eigenvalue weighted by atomic mass is 9.91. The first-order valence-corrected chi connectivity index (χ1v) is 7.55. The Morgan fingerprint density at radius 2 is 2.14 bits per heavy atom. The van der Waals surface area contributed by atoms with Crippen LogP contribution >= 0.6 is 0 Å². The van der Waals surface area contributed by atoms with Crippen LogP contribution in [-0.2, 0) is 16.0 Å². The minimum atomic E-state index is -0.233. The molecule has 1 aromatic heterocycles. The van der Waals surface area contributed by atoms with Gasteiger partial charge >= 0.3 is 5.97 Å². The molecule has 2 unspecified atom stereocenters. The average Bonchev–Trinajstić information content (AvgIpc) is 2.70. The Morgan fingerprint density at radius 3 is 2.86 bits per heavy atom. The molecule has 118 valence electrons. The van der Waals surface area contributed by atoms with Gasteiger partial charge in [-0.15, -0.1) is 0 Å². The number of aromatic nitrogens is 1. The number of hydrogen-bond donors (Lipinski definition) is 0. The molecule has 2 aliphatic rings. The Labute approximate surface area is 129 Å². The third-order valence-corrected chi connectivity index (χ3v) is 4.65. The van der Waals surface area contributed by atoms with Crippen molar-refractivity contribution >= 4 is 11.9 Å². The van der Waals surface area contributed by atoms with E-state index in [1.54, 1.807) is 13.3 Å². The second-order valence-corrected chi connectivity index (χ2v) is 5.83. The third-order valence-electron chi connectivity index (χ3n) is 4.65. The topological polar surface area (TPSA) is 68.7 Å². The monoisotopic (exact) mass is 304 g/mol. The standard InChI is InChI=1S/C16H20N2O4/c1-21-14-7-10-3-5-12-6-4-11(16(20)22-2)9-18(12)15(19)13(10)8-17-14/h7-8,11-12H,3-6,9H2,1-2H3. The number of piperidine rings is 1. The van der Waals surface area contributed by atoms with Crippen molar-refractivity contribution in [2.75, 3.05) is 20.8 Å². The highest BCUT2D eigenvalue weighted by Gasteiger charge is 2.37. The van der Waals surface area contributed by atoms with Crippen molar-refractivity contribution in [2.45, 2.75) is 31.7 Å². The molecule has 0 radical (unpaired) electrons. The summed E-state index contributed by atoms with van der Waals surface area (Å²) in [6, 6.07) is 2.02. The van der Waals surface area contributed by atoms with Crippen LogP contribution < -0.4 is 4.74 Å². The molecule has 3 rings (SSSR count). The molecule has 3 heterocycles. The van der Waals surface area contributed by atoms with Crippen LogP contribution in [0.4, 0.5) is 0 Å². The second-order valence-electron chi connectivity index (χ2n) is 5.83. The Kier molecular flexibility index (Phi) is 4.00.